The van der Waals surface area contributed by atoms with Gasteiger partial charge in [-0.1, -0.05) is 6.07 Å². The Morgan fingerprint density at radius 3 is 2.73 bits per heavy atom. The average Bonchev–Trinajstić information content (AvgIpc) is 3.12. The summed E-state index contributed by atoms with van der Waals surface area (Å²) in [5.74, 6) is 1.69. The molecule has 2 saturated heterocycles. The van der Waals surface area contributed by atoms with Crippen molar-refractivity contribution in [2.24, 2.45) is 0 Å². The van der Waals surface area contributed by atoms with Crippen molar-refractivity contribution >= 4 is 5.91 Å². The molecule has 3 heterocycles. The quantitative estimate of drug-likeness (QED) is 0.923. The van der Waals surface area contributed by atoms with Crippen molar-refractivity contribution in [1.29, 1.82) is 0 Å². The van der Waals surface area contributed by atoms with Gasteiger partial charge in [-0.25, -0.2) is 0 Å². The number of likely N-dealkylation sites (N-methyl/N-ethyl adjacent to an activating group) is 1. The summed E-state index contributed by atoms with van der Waals surface area (Å²) < 4.78 is 10.7. The molecule has 4 rings (SSSR count). The molecule has 3 aliphatic heterocycles. The highest BCUT2D eigenvalue weighted by molar-refractivity contribution is 5.79. The van der Waals surface area contributed by atoms with E-state index in [2.05, 4.69) is 5.32 Å². The summed E-state index contributed by atoms with van der Waals surface area (Å²) in [4.78, 5) is 14.5. The predicted octanol–water partition coefficient (Wildman–Crippen LogP) is 1.70. The van der Waals surface area contributed by atoms with E-state index >= 15 is 0 Å². The number of piperidine rings is 1. The fourth-order valence-electron chi connectivity index (χ4n) is 3.90. The number of ether oxygens (including phenoxy) is 2. The third-order valence-corrected chi connectivity index (χ3v) is 5.18. The van der Waals surface area contributed by atoms with Gasteiger partial charge in [-0.15, -0.1) is 0 Å². The highest BCUT2D eigenvalue weighted by Crippen LogP contribution is 2.33. The molecule has 118 valence electrons. The lowest BCUT2D eigenvalue weighted by Gasteiger charge is -2.35. The molecular formula is C17H22N2O3. The summed E-state index contributed by atoms with van der Waals surface area (Å²) in [5.41, 5.74) is 0.984. The number of fused-ring (bicyclic) bond motifs is 3. The summed E-state index contributed by atoms with van der Waals surface area (Å²) >= 11 is 0. The summed E-state index contributed by atoms with van der Waals surface area (Å²) in [6, 6.07) is 7.33. The van der Waals surface area contributed by atoms with Gasteiger partial charge in [-0.2, -0.15) is 0 Å². The first kappa shape index (κ1) is 13.9. The van der Waals surface area contributed by atoms with Crippen LogP contribution in [0.5, 0.6) is 11.5 Å². The number of amides is 1. The number of hydrogen-bond acceptors (Lipinski definition) is 4. The van der Waals surface area contributed by atoms with Gasteiger partial charge in [-0.3, -0.25) is 4.79 Å². The molecule has 1 amide bonds. The molecule has 2 fully saturated rings. The zero-order chi connectivity index (χ0) is 15.1. The Kier molecular flexibility index (Phi) is 3.45. The maximum absolute atomic E-state index is 12.6. The van der Waals surface area contributed by atoms with Gasteiger partial charge in [0, 0.05) is 25.2 Å². The maximum Gasteiger partial charge on any atom is 0.231 e. The highest BCUT2D eigenvalue weighted by Gasteiger charge is 2.36. The Bertz CT molecular complexity index is 577. The Balaban J connectivity index is 1.41. The van der Waals surface area contributed by atoms with Crippen LogP contribution >= 0.6 is 0 Å². The third-order valence-electron chi connectivity index (χ3n) is 5.18. The summed E-state index contributed by atoms with van der Waals surface area (Å²) in [7, 11) is 1.95. The van der Waals surface area contributed by atoms with Crippen molar-refractivity contribution in [2.75, 3.05) is 13.8 Å². The molecule has 0 aliphatic carbocycles. The zero-order valence-corrected chi connectivity index (χ0v) is 12.9. The minimum Gasteiger partial charge on any atom is -0.454 e. The van der Waals surface area contributed by atoms with Crippen LogP contribution in [0.25, 0.3) is 0 Å². The molecule has 5 heteroatoms. The number of carbonyl (C=O) groups is 1. The molecule has 1 N–H and O–H groups in total. The number of carbonyl (C=O) groups excluding carboxylic acids is 1. The Hall–Kier alpha value is -1.75. The van der Waals surface area contributed by atoms with E-state index in [0.717, 1.165) is 29.9 Å². The van der Waals surface area contributed by atoms with E-state index in [4.69, 9.17) is 9.47 Å². The van der Waals surface area contributed by atoms with E-state index in [1.54, 1.807) is 0 Å². The summed E-state index contributed by atoms with van der Waals surface area (Å²) in [6.45, 7) is 0.268. The van der Waals surface area contributed by atoms with E-state index in [1.807, 2.05) is 30.1 Å². The van der Waals surface area contributed by atoms with E-state index in [9.17, 15) is 4.79 Å². The molecule has 0 radical (unpaired) electrons. The molecular weight excluding hydrogens is 280 g/mol. The number of rotatable bonds is 3. The Morgan fingerprint density at radius 2 is 1.95 bits per heavy atom. The molecule has 0 spiro atoms. The van der Waals surface area contributed by atoms with Crippen molar-refractivity contribution in [1.82, 2.24) is 10.2 Å². The van der Waals surface area contributed by atoms with E-state index in [0.29, 0.717) is 24.5 Å². The minimum atomic E-state index is 0.185. The second-order valence-electron chi connectivity index (χ2n) is 6.63. The van der Waals surface area contributed by atoms with Gasteiger partial charge < -0.3 is 19.7 Å². The fraction of sp³-hybridized carbons (Fsp3) is 0.588. The number of nitrogens with one attached hydrogen (secondary N) is 1. The van der Waals surface area contributed by atoms with Crippen LogP contribution in [0.1, 0.15) is 31.2 Å². The molecule has 3 aliphatic rings. The van der Waals surface area contributed by atoms with Gasteiger partial charge >= 0.3 is 0 Å². The van der Waals surface area contributed by atoms with Crippen LogP contribution in [0.2, 0.25) is 0 Å². The Morgan fingerprint density at radius 1 is 1.23 bits per heavy atom. The molecule has 2 atom stereocenters. The fourth-order valence-corrected chi connectivity index (χ4v) is 3.90. The van der Waals surface area contributed by atoms with Crippen LogP contribution in [0.15, 0.2) is 18.2 Å². The molecule has 22 heavy (non-hydrogen) atoms. The zero-order valence-electron chi connectivity index (χ0n) is 12.9. The summed E-state index contributed by atoms with van der Waals surface area (Å²) in [5, 5.41) is 3.62. The van der Waals surface area contributed by atoms with Crippen LogP contribution in [0, 0.1) is 0 Å². The normalized spacial score (nSPS) is 28.7. The first-order valence-corrected chi connectivity index (χ1v) is 8.09. The molecule has 1 aromatic rings. The number of nitrogens with zero attached hydrogens (tertiary/aromatic N) is 1. The van der Waals surface area contributed by atoms with Crippen molar-refractivity contribution in [3.8, 4) is 11.5 Å². The highest BCUT2D eigenvalue weighted by atomic mass is 16.7. The van der Waals surface area contributed by atoms with Gasteiger partial charge in [0.25, 0.3) is 0 Å². The predicted molar refractivity (Wildman–Crippen MR) is 82.0 cm³/mol. The van der Waals surface area contributed by atoms with Gasteiger partial charge in [0.05, 0.1) is 6.42 Å². The monoisotopic (exact) mass is 302 g/mol. The van der Waals surface area contributed by atoms with Gasteiger partial charge in [0.15, 0.2) is 11.5 Å². The molecule has 2 unspecified atom stereocenters. The lowest BCUT2D eigenvalue weighted by atomic mass is 9.98. The summed E-state index contributed by atoms with van der Waals surface area (Å²) in [6.07, 6.45) is 5.10. The van der Waals surface area contributed by atoms with Crippen LogP contribution in [-0.4, -0.2) is 42.8 Å². The van der Waals surface area contributed by atoms with Crippen LogP contribution < -0.4 is 14.8 Å². The van der Waals surface area contributed by atoms with E-state index in [-0.39, 0.29) is 12.7 Å². The van der Waals surface area contributed by atoms with Gasteiger partial charge in [0.1, 0.15) is 0 Å². The van der Waals surface area contributed by atoms with Crippen LogP contribution in [0.3, 0.4) is 0 Å². The molecule has 1 aromatic carbocycles. The van der Waals surface area contributed by atoms with Crippen LogP contribution in [-0.2, 0) is 11.2 Å². The second-order valence-corrected chi connectivity index (χ2v) is 6.63. The third kappa shape index (κ3) is 2.54. The van der Waals surface area contributed by atoms with Crippen molar-refractivity contribution in [3.63, 3.8) is 0 Å². The number of hydrogen-bond donors (Lipinski definition) is 1. The van der Waals surface area contributed by atoms with E-state index in [1.165, 1.54) is 12.8 Å². The largest absolute Gasteiger partial charge is 0.454 e. The number of benzene rings is 1. The van der Waals surface area contributed by atoms with E-state index < -0.39 is 0 Å². The van der Waals surface area contributed by atoms with Gasteiger partial charge in [-0.05, 0) is 43.4 Å². The SMILES string of the molecule is CN(C(=O)Cc1ccc2c(c1)OCO2)C1CC2CCC(C1)N2. The standard InChI is InChI=1S/C17H22N2O3/c1-19(14-8-12-3-4-13(9-14)18-12)17(20)7-11-2-5-15-16(6-11)22-10-21-15/h2,5-6,12-14,18H,3-4,7-10H2,1H3. The average molecular weight is 302 g/mol. The molecule has 5 nitrogen and oxygen atoms in total. The first-order chi connectivity index (χ1) is 10.7. The van der Waals surface area contributed by atoms with Gasteiger partial charge in [0.2, 0.25) is 12.7 Å². The smallest absolute Gasteiger partial charge is 0.231 e. The van der Waals surface area contributed by atoms with Crippen molar-refractivity contribution in [3.05, 3.63) is 23.8 Å². The molecule has 2 bridgehead atoms. The first-order valence-electron chi connectivity index (χ1n) is 8.09. The Labute approximate surface area is 130 Å². The second kappa shape index (κ2) is 5.47. The minimum absolute atomic E-state index is 0.185. The van der Waals surface area contributed by atoms with Crippen molar-refractivity contribution in [2.45, 2.75) is 50.2 Å². The van der Waals surface area contributed by atoms with Crippen molar-refractivity contribution < 1.29 is 14.3 Å². The van der Waals surface area contributed by atoms with Crippen LogP contribution in [0.4, 0.5) is 0 Å². The lowest BCUT2D eigenvalue weighted by molar-refractivity contribution is -0.131. The molecule has 0 aromatic heterocycles. The lowest BCUT2D eigenvalue weighted by Crippen LogP contribution is -2.49. The molecule has 0 saturated carbocycles. The maximum atomic E-state index is 12.6. The topological polar surface area (TPSA) is 50.8 Å².